The second-order valence-corrected chi connectivity index (χ2v) is 4.13. The van der Waals surface area contributed by atoms with Crippen LogP contribution in [0.1, 0.15) is 5.69 Å². The zero-order valence-electron chi connectivity index (χ0n) is 11.0. The van der Waals surface area contributed by atoms with Crippen molar-refractivity contribution >= 4 is 6.08 Å². The van der Waals surface area contributed by atoms with Gasteiger partial charge in [-0.2, -0.15) is 10.5 Å². The lowest BCUT2D eigenvalue weighted by atomic mass is 10.2. The number of ether oxygens (including phenoxy) is 1. The predicted molar refractivity (Wildman–Crippen MR) is 71.7 cm³/mol. The number of halogens is 3. The van der Waals surface area contributed by atoms with Crippen molar-refractivity contribution in [2.75, 3.05) is 0 Å². The van der Waals surface area contributed by atoms with Gasteiger partial charge in [-0.3, -0.25) is 0 Å². The quantitative estimate of drug-likeness (QED) is 0.810. The minimum absolute atomic E-state index is 0.0722. The number of hydrogen-bond acceptors (Lipinski definition) is 3. The van der Waals surface area contributed by atoms with Gasteiger partial charge in [0.25, 0.3) is 0 Å². The van der Waals surface area contributed by atoms with E-state index in [1.807, 2.05) is 0 Å². The molecule has 0 N–H and O–H groups in total. The van der Waals surface area contributed by atoms with Gasteiger partial charge in [-0.15, -0.1) is 13.2 Å². The molecule has 0 amide bonds. The maximum Gasteiger partial charge on any atom is 0.573 e. The Morgan fingerprint density at radius 3 is 2.27 bits per heavy atom. The summed E-state index contributed by atoms with van der Waals surface area (Å²) in [5, 5.41) is 17.5. The summed E-state index contributed by atoms with van der Waals surface area (Å²) in [5.41, 5.74) is 1.06. The van der Waals surface area contributed by atoms with Crippen molar-refractivity contribution < 1.29 is 17.9 Å². The van der Waals surface area contributed by atoms with Crippen LogP contribution in [0.4, 0.5) is 13.2 Å². The lowest BCUT2D eigenvalue weighted by Gasteiger charge is -2.10. The molecule has 0 saturated carbocycles. The van der Waals surface area contributed by atoms with E-state index >= 15 is 0 Å². The van der Waals surface area contributed by atoms with Crippen LogP contribution in [0.5, 0.6) is 5.75 Å². The average Bonchev–Trinajstić information content (AvgIpc) is 2.92. The van der Waals surface area contributed by atoms with Gasteiger partial charge in [0.15, 0.2) is 0 Å². The molecule has 0 fully saturated rings. The van der Waals surface area contributed by atoms with Crippen LogP contribution in [0.25, 0.3) is 11.8 Å². The van der Waals surface area contributed by atoms with Crippen LogP contribution in [0.15, 0.2) is 48.2 Å². The fourth-order valence-corrected chi connectivity index (χ4v) is 1.79. The molecule has 1 heterocycles. The van der Waals surface area contributed by atoms with E-state index in [1.165, 1.54) is 30.3 Å². The molecule has 0 atom stereocenters. The Bertz CT molecular complexity index is 758. The molecule has 4 nitrogen and oxygen atoms in total. The molecule has 0 bridgehead atoms. The summed E-state index contributed by atoms with van der Waals surface area (Å²) < 4.78 is 41.7. The lowest BCUT2D eigenvalue weighted by Crippen LogP contribution is -2.17. The highest BCUT2D eigenvalue weighted by atomic mass is 19.4. The first-order valence-corrected chi connectivity index (χ1v) is 5.98. The van der Waals surface area contributed by atoms with Gasteiger partial charge >= 0.3 is 6.36 Å². The molecule has 22 heavy (non-hydrogen) atoms. The molecule has 0 aliphatic carbocycles. The second kappa shape index (κ2) is 6.06. The zero-order chi connectivity index (χ0) is 16.2. The lowest BCUT2D eigenvalue weighted by molar-refractivity contribution is -0.274. The summed E-state index contributed by atoms with van der Waals surface area (Å²) in [6.45, 7) is 0. The van der Waals surface area contributed by atoms with Gasteiger partial charge in [-0.25, -0.2) is 0 Å². The molecule has 1 aromatic heterocycles. The smallest absolute Gasteiger partial charge is 0.406 e. The molecule has 0 saturated heterocycles. The highest BCUT2D eigenvalue weighted by Gasteiger charge is 2.30. The molecule has 0 unspecified atom stereocenters. The Balaban J connectivity index is 2.31. The van der Waals surface area contributed by atoms with Gasteiger partial charge in [0.2, 0.25) is 0 Å². The summed E-state index contributed by atoms with van der Waals surface area (Å²) in [5.74, 6) is -0.324. The molecule has 0 radical (unpaired) electrons. The van der Waals surface area contributed by atoms with E-state index in [2.05, 4.69) is 4.74 Å². The van der Waals surface area contributed by atoms with Gasteiger partial charge in [0, 0.05) is 17.6 Å². The van der Waals surface area contributed by atoms with Crippen LogP contribution < -0.4 is 4.74 Å². The Kier molecular flexibility index (Phi) is 4.19. The van der Waals surface area contributed by atoms with E-state index in [1.54, 1.807) is 35.0 Å². The van der Waals surface area contributed by atoms with Gasteiger partial charge in [0.1, 0.15) is 23.5 Å². The van der Waals surface area contributed by atoms with E-state index in [0.29, 0.717) is 11.4 Å². The SMILES string of the molecule is N#CC(C#N)=Cc1cccn1-c1ccc(OC(F)(F)F)cc1. The van der Waals surface area contributed by atoms with Crippen molar-refractivity contribution in [3.05, 3.63) is 53.9 Å². The Morgan fingerprint density at radius 1 is 1.09 bits per heavy atom. The van der Waals surface area contributed by atoms with Crippen molar-refractivity contribution in [1.82, 2.24) is 4.57 Å². The number of alkyl halides is 3. The topological polar surface area (TPSA) is 61.7 Å². The Labute approximate surface area is 123 Å². The number of nitrogens with zero attached hydrogens (tertiary/aromatic N) is 3. The van der Waals surface area contributed by atoms with E-state index < -0.39 is 6.36 Å². The third-order valence-electron chi connectivity index (χ3n) is 2.66. The maximum atomic E-state index is 12.1. The van der Waals surface area contributed by atoms with Crippen molar-refractivity contribution in [3.8, 4) is 23.6 Å². The third kappa shape index (κ3) is 3.68. The number of aromatic nitrogens is 1. The van der Waals surface area contributed by atoms with Gasteiger partial charge in [-0.05, 0) is 42.5 Å². The average molecular weight is 303 g/mol. The number of nitriles is 2. The monoisotopic (exact) mass is 303 g/mol. The molecule has 110 valence electrons. The first-order valence-electron chi connectivity index (χ1n) is 5.98. The summed E-state index contributed by atoms with van der Waals surface area (Å²) in [4.78, 5) is 0. The van der Waals surface area contributed by atoms with Crippen LogP contribution >= 0.6 is 0 Å². The van der Waals surface area contributed by atoms with Gasteiger partial charge < -0.3 is 9.30 Å². The number of allylic oxidation sites excluding steroid dienone is 1. The van der Waals surface area contributed by atoms with E-state index in [-0.39, 0.29) is 11.3 Å². The van der Waals surface area contributed by atoms with Crippen LogP contribution in [0.3, 0.4) is 0 Å². The van der Waals surface area contributed by atoms with Gasteiger partial charge in [0.05, 0.1) is 0 Å². The number of hydrogen-bond donors (Lipinski definition) is 0. The first kappa shape index (κ1) is 15.2. The Morgan fingerprint density at radius 2 is 1.73 bits per heavy atom. The normalized spacial score (nSPS) is 10.4. The van der Waals surface area contributed by atoms with Crippen LogP contribution in [-0.2, 0) is 0 Å². The third-order valence-corrected chi connectivity index (χ3v) is 2.66. The highest BCUT2D eigenvalue weighted by molar-refractivity contribution is 5.61. The van der Waals surface area contributed by atoms with Gasteiger partial charge in [-0.1, -0.05) is 0 Å². The van der Waals surface area contributed by atoms with E-state index in [4.69, 9.17) is 10.5 Å². The zero-order valence-corrected chi connectivity index (χ0v) is 11.0. The predicted octanol–water partition coefficient (Wildman–Crippen LogP) is 3.81. The van der Waals surface area contributed by atoms with Crippen LogP contribution in [0.2, 0.25) is 0 Å². The van der Waals surface area contributed by atoms with Crippen LogP contribution in [0, 0.1) is 22.7 Å². The fraction of sp³-hybridized carbons (Fsp3) is 0.0667. The van der Waals surface area contributed by atoms with Crippen molar-refractivity contribution in [1.29, 1.82) is 10.5 Å². The van der Waals surface area contributed by atoms with Crippen LogP contribution in [-0.4, -0.2) is 10.9 Å². The highest BCUT2D eigenvalue weighted by Crippen LogP contribution is 2.24. The minimum Gasteiger partial charge on any atom is -0.406 e. The molecule has 0 spiro atoms. The largest absolute Gasteiger partial charge is 0.573 e. The fourth-order valence-electron chi connectivity index (χ4n) is 1.79. The molecule has 2 aromatic rings. The van der Waals surface area contributed by atoms with E-state index in [0.717, 1.165) is 0 Å². The molecular weight excluding hydrogens is 295 g/mol. The minimum atomic E-state index is -4.74. The summed E-state index contributed by atoms with van der Waals surface area (Å²) >= 11 is 0. The summed E-state index contributed by atoms with van der Waals surface area (Å²) in [7, 11) is 0. The molecular formula is C15H8F3N3O. The molecule has 0 aliphatic rings. The van der Waals surface area contributed by atoms with Crippen molar-refractivity contribution in [2.24, 2.45) is 0 Å². The molecule has 1 aromatic carbocycles. The standard InChI is InChI=1S/C15H8F3N3O/c16-15(17,18)22-14-5-3-12(4-6-14)21-7-1-2-13(21)8-11(9-19)10-20/h1-8H. The summed E-state index contributed by atoms with van der Waals surface area (Å²) in [6, 6.07) is 12.1. The first-order chi connectivity index (χ1) is 10.4. The summed E-state index contributed by atoms with van der Waals surface area (Å²) in [6.07, 6.45) is -1.69. The van der Waals surface area contributed by atoms with E-state index in [9.17, 15) is 13.2 Å². The number of benzene rings is 1. The van der Waals surface area contributed by atoms with Crippen molar-refractivity contribution in [2.45, 2.75) is 6.36 Å². The molecule has 2 rings (SSSR count). The molecule has 0 aliphatic heterocycles. The molecule has 7 heteroatoms. The maximum absolute atomic E-state index is 12.1. The second-order valence-electron chi connectivity index (χ2n) is 4.13. The Hall–Kier alpha value is -3.19. The number of rotatable bonds is 3. The van der Waals surface area contributed by atoms with Crippen molar-refractivity contribution in [3.63, 3.8) is 0 Å².